The van der Waals surface area contributed by atoms with Crippen molar-refractivity contribution < 1.29 is 14.3 Å². The summed E-state index contributed by atoms with van der Waals surface area (Å²) in [6, 6.07) is 7.48. The zero-order valence-electron chi connectivity index (χ0n) is 10.3. The number of para-hydroxylation sites is 1. The van der Waals surface area contributed by atoms with E-state index < -0.39 is 11.8 Å². The fourth-order valence-corrected chi connectivity index (χ4v) is 1.37. The van der Waals surface area contributed by atoms with Gasteiger partial charge in [-0.1, -0.05) is 18.2 Å². The van der Waals surface area contributed by atoms with Crippen LogP contribution in [0, 0.1) is 0 Å². The van der Waals surface area contributed by atoms with Gasteiger partial charge in [0.15, 0.2) is 0 Å². The number of nitrogens with one attached hydrogen (secondary N) is 1. The number of hydrogen-bond acceptors (Lipinski definition) is 4. The largest absolute Gasteiger partial charge is 0.496 e. The third-order valence-corrected chi connectivity index (χ3v) is 2.21. The molecule has 0 aromatic heterocycles. The highest BCUT2D eigenvalue weighted by Gasteiger charge is 2.07. The molecule has 0 radical (unpaired) electrons. The molecule has 6 heteroatoms. The minimum absolute atomic E-state index is 0.503. The number of primary amides is 1. The normalized spacial score (nSPS) is 10.9. The van der Waals surface area contributed by atoms with E-state index in [1.54, 1.807) is 14.0 Å². The van der Waals surface area contributed by atoms with Crippen LogP contribution in [-0.4, -0.2) is 24.6 Å². The van der Waals surface area contributed by atoms with Crippen molar-refractivity contribution in [3.05, 3.63) is 29.8 Å². The maximum atomic E-state index is 10.9. The number of methoxy groups -OCH3 is 1. The molecule has 0 spiro atoms. The zero-order chi connectivity index (χ0) is 13.5. The van der Waals surface area contributed by atoms with Gasteiger partial charge in [0, 0.05) is 12.1 Å². The van der Waals surface area contributed by atoms with Gasteiger partial charge in [0.05, 0.1) is 7.11 Å². The molecule has 96 valence electrons. The van der Waals surface area contributed by atoms with Gasteiger partial charge in [0.2, 0.25) is 0 Å². The molecule has 0 heterocycles. The summed E-state index contributed by atoms with van der Waals surface area (Å²) in [5.41, 5.74) is 8.43. The van der Waals surface area contributed by atoms with E-state index in [9.17, 15) is 9.59 Å². The van der Waals surface area contributed by atoms with Crippen molar-refractivity contribution in [2.24, 2.45) is 10.8 Å². The van der Waals surface area contributed by atoms with Crippen molar-refractivity contribution in [3.8, 4) is 5.75 Å². The minimum Gasteiger partial charge on any atom is -0.496 e. The predicted octanol–water partition coefficient (Wildman–Crippen LogP) is 0.215. The zero-order valence-corrected chi connectivity index (χ0v) is 10.3. The Morgan fingerprint density at radius 1 is 1.39 bits per heavy atom. The Kier molecular flexibility index (Phi) is 4.86. The molecular weight excluding hydrogens is 234 g/mol. The maximum Gasteiger partial charge on any atom is 0.329 e. The molecule has 1 aromatic carbocycles. The fourth-order valence-electron chi connectivity index (χ4n) is 1.37. The number of hydrazone groups is 1. The Morgan fingerprint density at radius 3 is 2.67 bits per heavy atom. The first kappa shape index (κ1) is 13.7. The van der Waals surface area contributed by atoms with Crippen LogP contribution in [0.1, 0.15) is 12.5 Å². The predicted molar refractivity (Wildman–Crippen MR) is 67.1 cm³/mol. The summed E-state index contributed by atoms with van der Waals surface area (Å²) >= 11 is 0. The van der Waals surface area contributed by atoms with Crippen LogP contribution in [0.3, 0.4) is 0 Å². The van der Waals surface area contributed by atoms with Crippen molar-refractivity contribution in [1.29, 1.82) is 0 Å². The Morgan fingerprint density at radius 2 is 2.06 bits per heavy atom. The molecule has 18 heavy (non-hydrogen) atoms. The average Bonchev–Trinajstić information content (AvgIpc) is 2.36. The lowest BCUT2D eigenvalue weighted by Gasteiger charge is -2.07. The van der Waals surface area contributed by atoms with Gasteiger partial charge in [-0.3, -0.25) is 9.59 Å². The highest BCUT2D eigenvalue weighted by Crippen LogP contribution is 2.17. The van der Waals surface area contributed by atoms with Crippen LogP contribution in [0.2, 0.25) is 0 Å². The number of nitrogens with two attached hydrogens (primary N) is 1. The summed E-state index contributed by atoms with van der Waals surface area (Å²) in [7, 11) is 1.58. The molecule has 6 nitrogen and oxygen atoms in total. The molecule has 1 aromatic rings. The van der Waals surface area contributed by atoms with Gasteiger partial charge in [-0.05, 0) is 18.6 Å². The average molecular weight is 249 g/mol. The second kappa shape index (κ2) is 6.39. The van der Waals surface area contributed by atoms with Gasteiger partial charge in [-0.25, -0.2) is 5.43 Å². The van der Waals surface area contributed by atoms with Crippen LogP contribution in [0.25, 0.3) is 0 Å². The molecule has 0 saturated heterocycles. The molecule has 0 fully saturated rings. The number of nitrogens with zero attached hydrogens (tertiary/aromatic N) is 1. The van der Waals surface area contributed by atoms with E-state index in [-0.39, 0.29) is 0 Å². The highest BCUT2D eigenvalue weighted by molar-refractivity contribution is 6.34. The van der Waals surface area contributed by atoms with E-state index in [1.165, 1.54) is 0 Å². The van der Waals surface area contributed by atoms with Crippen LogP contribution in [0.4, 0.5) is 0 Å². The van der Waals surface area contributed by atoms with Crippen molar-refractivity contribution in [3.63, 3.8) is 0 Å². The Labute approximate surface area is 105 Å². The van der Waals surface area contributed by atoms with Gasteiger partial charge in [-0.15, -0.1) is 0 Å². The van der Waals surface area contributed by atoms with Crippen LogP contribution in [-0.2, 0) is 16.0 Å². The van der Waals surface area contributed by atoms with Crippen LogP contribution in [0.5, 0.6) is 5.75 Å². The van der Waals surface area contributed by atoms with Crippen LogP contribution < -0.4 is 15.9 Å². The van der Waals surface area contributed by atoms with Gasteiger partial charge in [0.1, 0.15) is 5.75 Å². The Bertz CT molecular complexity index is 483. The summed E-state index contributed by atoms with van der Waals surface area (Å²) in [5, 5.41) is 3.78. The number of benzene rings is 1. The standard InChI is InChI=1S/C12H15N3O3/c1-8(14-15-12(17)11(13)16)7-9-5-3-4-6-10(9)18-2/h3-6H,7H2,1-2H3,(H2,13,16)(H,15,17)/b14-8-. The Hall–Kier alpha value is -2.37. The SMILES string of the molecule is COc1ccccc1C/C(C)=N\NC(=O)C(N)=O. The topological polar surface area (TPSA) is 93.8 Å². The number of rotatable bonds is 4. The molecule has 3 N–H and O–H groups in total. The lowest BCUT2D eigenvalue weighted by molar-refractivity contribution is -0.137. The molecular formula is C12H15N3O3. The van der Waals surface area contributed by atoms with Crippen LogP contribution >= 0.6 is 0 Å². The maximum absolute atomic E-state index is 10.9. The van der Waals surface area contributed by atoms with E-state index in [2.05, 4.69) is 10.5 Å². The minimum atomic E-state index is -1.07. The molecule has 0 saturated carbocycles. The second-order valence-corrected chi connectivity index (χ2v) is 3.64. The first-order chi connectivity index (χ1) is 8.54. The molecule has 0 aliphatic rings. The summed E-state index contributed by atoms with van der Waals surface area (Å²) in [4.78, 5) is 21.4. The second-order valence-electron chi connectivity index (χ2n) is 3.64. The summed E-state index contributed by atoms with van der Waals surface area (Å²) in [5.74, 6) is -1.26. The number of carbonyl (C=O) groups is 2. The number of amides is 2. The third-order valence-electron chi connectivity index (χ3n) is 2.21. The smallest absolute Gasteiger partial charge is 0.329 e. The van der Waals surface area contributed by atoms with E-state index in [0.717, 1.165) is 11.3 Å². The van der Waals surface area contributed by atoms with Gasteiger partial charge >= 0.3 is 11.8 Å². The lowest BCUT2D eigenvalue weighted by atomic mass is 10.1. The van der Waals surface area contributed by atoms with Gasteiger partial charge < -0.3 is 10.5 Å². The van der Waals surface area contributed by atoms with Crippen molar-refractivity contribution in [2.75, 3.05) is 7.11 Å². The molecule has 0 unspecified atom stereocenters. The highest BCUT2D eigenvalue weighted by atomic mass is 16.5. The number of ether oxygens (including phenoxy) is 1. The number of carbonyl (C=O) groups excluding carboxylic acids is 2. The summed E-state index contributed by atoms with van der Waals surface area (Å²) in [6.07, 6.45) is 0.503. The first-order valence-electron chi connectivity index (χ1n) is 5.29. The molecule has 0 aliphatic carbocycles. The van der Waals surface area contributed by atoms with Gasteiger partial charge in [-0.2, -0.15) is 5.10 Å². The number of hydrogen-bond donors (Lipinski definition) is 2. The van der Waals surface area contributed by atoms with Gasteiger partial charge in [0.25, 0.3) is 0 Å². The van der Waals surface area contributed by atoms with E-state index in [4.69, 9.17) is 10.5 Å². The molecule has 2 amide bonds. The van der Waals surface area contributed by atoms with Crippen molar-refractivity contribution in [2.45, 2.75) is 13.3 Å². The Balaban J connectivity index is 2.69. The molecule has 0 atom stereocenters. The molecule has 0 aliphatic heterocycles. The van der Waals surface area contributed by atoms with E-state index >= 15 is 0 Å². The first-order valence-corrected chi connectivity index (χ1v) is 5.29. The van der Waals surface area contributed by atoms with E-state index in [0.29, 0.717) is 12.1 Å². The van der Waals surface area contributed by atoms with Crippen LogP contribution in [0.15, 0.2) is 29.4 Å². The fraction of sp³-hybridized carbons (Fsp3) is 0.250. The molecule has 1 rings (SSSR count). The van der Waals surface area contributed by atoms with Crippen molar-refractivity contribution in [1.82, 2.24) is 5.43 Å². The van der Waals surface area contributed by atoms with Crippen molar-refractivity contribution >= 4 is 17.5 Å². The molecule has 0 bridgehead atoms. The monoisotopic (exact) mass is 249 g/mol. The quantitative estimate of drug-likeness (QED) is 0.454. The van der Waals surface area contributed by atoms with E-state index in [1.807, 2.05) is 24.3 Å². The summed E-state index contributed by atoms with van der Waals surface area (Å²) < 4.78 is 5.19. The third kappa shape index (κ3) is 3.89. The lowest BCUT2D eigenvalue weighted by Crippen LogP contribution is -2.33. The summed E-state index contributed by atoms with van der Waals surface area (Å²) in [6.45, 7) is 1.73.